The summed E-state index contributed by atoms with van der Waals surface area (Å²) < 4.78 is 24.0. The predicted molar refractivity (Wildman–Crippen MR) is 240 cm³/mol. The number of aromatic amines is 1. The van der Waals surface area contributed by atoms with Crippen molar-refractivity contribution in [2.45, 2.75) is 114 Å². The molecule has 9 rings (SSSR count). The van der Waals surface area contributed by atoms with E-state index in [-0.39, 0.29) is 12.0 Å². The van der Waals surface area contributed by atoms with Crippen molar-refractivity contribution < 1.29 is 38.4 Å². The van der Waals surface area contributed by atoms with E-state index in [0.29, 0.717) is 50.2 Å². The molecule has 12 nitrogen and oxygen atoms in total. The molecule has 63 heavy (non-hydrogen) atoms. The highest BCUT2D eigenvalue weighted by molar-refractivity contribution is 5.95. The van der Waals surface area contributed by atoms with Crippen LogP contribution in [-0.4, -0.2) is 116 Å². The van der Waals surface area contributed by atoms with Crippen molar-refractivity contribution in [2.75, 3.05) is 59.5 Å². The lowest BCUT2D eigenvalue weighted by molar-refractivity contribution is -0.212. The first-order valence-corrected chi connectivity index (χ1v) is 22.9. The van der Waals surface area contributed by atoms with Gasteiger partial charge in [-0.15, -0.1) is 0 Å². The number of aromatic nitrogens is 1. The van der Waals surface area contributed by atoms with Crippen LogP contribution in [0, 0.1) is 23.7 Å². The number of carbonyl (C=O) groups excluding carboxylic acids is 3. The molecule has 6 heterocycles. The summed E-state index contributed by atoms with van der Waals surface area (Å²) in [5.74, 6) is 4.91. The fourth-order valence-corrected chi connectivity index (χ4v) is 13.1. The van der Waals surface area contributed by atoms with Crippen LogP contribution in [0.2, 0.25) is 0 Å². The minimum absolute atomic E-state index is 0.00410. The second-order valence-electron chi connectivity index (χ2n) is 18.7. The standard InChI is InChI=1S/C51H62N4O8/c1-9-12-13-14-15-32-16-17-39-35(23-32)36-29-54-27-31(10-2)22-33(28-54)26-50(43(36)52-39,47(57)61-7)38-24-37-40(25-41(38)60-6)53(5)46-49(37)19-21-55-20-18-34(11-3)42(44(49)55)45(63-30(4)56)51(46,59)48(58)62-8/h16-18,22-25,33,42,44-46,52,59H,9-13,19-21,26-29H2,1-8H3/t33-,42?,44+,45-,46-,49-,50+,51-/m1/s1. The Kier molecular flexibility index (Phi) is 11.1. The molecular weight excluding hydrogens is 797 g/mol. The number of hydrogen-bond acceptors (Lipinski definition) is 11. The number of nitrogens with one attached hydrogen (secondary N) is 1. The third kappa shape index (κ3) is 6.23. The molecule has 334 valence electrons. The van der Waals surface area contributed by atoms with Crippen LogP contribution in [0.4, 0.5) is 5.69 Å². The lowest BCUT2D eigenvalue weighted by atomic mass is 9.52. The van der Waals surface area contributed by atoms with Gasteiger partial charge in [-0.05, 0) is 80.0 Å². The van der Waals surface area contributed by atoms with Gasteiger partial charge in [0.15, 0.2) is 6.10 Å². The number of esters is 3. The number of hydrogen-bond donors (Lipinski definition) is 2. The molecule has 5 aliphatic heterocycles. The predicted octanol–water partition coefficient (Wildman–Crippen LogP) is 6.30. The van der Waals surface area contributed by atoms with Gasteiger partial charge in [-0.3, -0.25) is 19.4 Å². The minimum Gasteiger partial charge on any atom is -0.496 e. The van der Waals surface area contributed by atoms with Crippen molar-refractivity contribution in [3.8, 4) is 17.6 Å². The van der Waals surface area contributed by atoms with Gasteiger partial charge in [0.05, 0.1) is 27.4 Å². The number of likely N-dealkylation sites (N-methyl/N-ethyl adjacent to an activating group) is 1. The van der Waals surface area contributed by atoms with Crippen molar-refractivity contribution in [2.24, 2.45) is 11.8 Å². The third-order valence-electron chi connectivity index (χ3n) is 15.6. The highest BCUT2D eigenvalue weighted by atomic mass is 16.6. The number of nitrogens with zero attached hydrogens (tertiary/aromatic N) is 3. The maximum atomic E-state index is 15.4. The normalized spacial score (nSPS) is 31.5. The van der Waals surface area contributed by atoms with Crippen molar-refractivity contribution in [1.29, 1.82) is 0 Å². The Hall–Kier alpha value is -5.09. The Morgan fingerprint density at radius 2 is 1.79 bits per heavy atom. The minimum atomic E-state index is -2.26. The molecule has 1 saturated carbocycles. The zero-order chi connectivity index (χ0) is 44.6. The Morgan fingerprint density at radius 1 is 1.00 bits per heavy atom. The molecule has 6 aliphatic rings. The molecule has 2 bridgehead atoms. The summed E-state index contributed by atoms with van der Waals surface area (Å²) in [6, 6.07) is 9.25. The Bertz CT molecular complexity index is 2500. The maximum absolute atomic E-state index is 15.4. The smallest absolute Gasteiger partial charge is 0.344 e. The van der Waals surface area contributed by atoms with Gasteiger partial charge in [-0.2, -0.15) is 0 Å². The van der Waals surface area contributed by atoms with Gasteiger partial charge >= 0.3 is 17.9 Å². The van der Waals surface area contributed by atoms with E-state index in [1.54, 1.807) is 7.11 Å². The van der Waals surface area contributed by atoms with Crippen LogP contribution in [0.5, 0.6) is 5.75 Å². The highest BCUT2D eigenvalue weighted by Gasteiger charge is 2.77. The van der Waals surface area contributed by atoms with E-state index in [0.717, 1.165) is 83.3 Å². The van der Waals surface area contributed by atoms with Crippen LogP contribution in [-0.2, 0) is 46.0 Å². The lowest BCUT2D eigenvalue weighted by Gasteiger charge is -2.59. The summed E-state index contributed by atoms with van der Waals surface area (Å²) in [5.41, 5.74) is 3.83. The van der Waals surface area contributed by atoms with E-state index in [9.17, 15) is 14.7 Å². The first-order valence-electron chi connectivity index (χ1n) is 22.9. The fourth-order valence-electron chi connectivity index (χ4n) is 13.1. The second-order valence-corrected chi connectivity index (χ2v) is 18.7. The van der Waals surface area contributed by atoms with Gasteiger partial charge in [0.1, 0.15) is 11.2 Å². The first-order chi connectivity index (χ1) is 30.3. The molecule has 1 spiro atoms. The van der Waals surface area contributed by atoms with Crippen molar-refractivity contribution in [3.63, 3.8) is 0 Å². The molecule has 2 aromatic carbocycles. The topological polar surface area (TPSA) is 134 Å². The molecule has 12 heteroatoms. The molecule has 9 atom stereocenters. The Balaban J connectivity index is 1.34. The number of H-pyrrole nitrogens is 1. The van der Waals surface area contributed by atoms with Crippen LogP contribution in [0.15, 0.2) is 53.6 Å². The van der Waals surface area contributed by atoms with Crippen molar-refractivity contribution in [3.05, 3.63) is 81.6 Å². The van der Waals surface area contributed by atoms with Crippen LogP contribution in [0.25, 0.3) is 10.9 Å². The van der Waals surface area contributed by atoms with Gasteiger partial charge in [0, 0.05) is 103 Å². The molecule has 1 aliphatic carbocycles. The van der Waals surface area contributed by atoms with E-state index in [1.807, 2.05) is 24.1 Å². The second kappa shape index (κ2) is 16.2. The maximum Gasteiger partial charge on any atom is 0.344 e. The molecule has 0 amide bonds. The quantitative estimate of drug-likeness (QED) is 0.0827. The van der Waals surface area contributed by atoms with Crippen LogP contribution in [0.3, 0.4) is 0 Å². The molecule has 3 aromatic rings. The van der Waals surface area contributed by atoms with E-state index < -0.39 is 52.4 Å². The number of fused-ring (bicyclic) bond motifs is 6. The van der Waals surface area contributed by atoms with Crippen LogP contribution >= 0.6 is 0 Å². The molecular formula is C51H62N4O8. The van der Waals surface area contributed by atoms with Gasteiger partial charge in [-0.1, -0.05) is 62.3 Å². The van der Waals surface area contributed by atoms with E-state index in [1.165, 1.54) is 26.7 Å². The van der Waals surface area contributed by atoms with E-state index in [4.69, 9.17) is 18.9 Å². The summed E-state index contributed by atoms with van der Waals surface area (Å²) >= 11 is 0. The Labute approximate surface area is 370 Å². The number of rotatable bonds is 9. The number of unbranched alkanes of at least 4 members (excludes halogenated alkanes) is 2. The van der Waals surface area contributed by atoms with Gasteiger partial charge in [0.2, 0.25) is 5.60 Å². The molecule has 0 radical (unpaired) electrons. The average Bonchev–Trinajstić information content (AvgIpc) is 3.93. The summed E-state index contributed by atoms with van der Waals surface area (Å²) in [6.07, 6.45) is 8.83. The monoisotopic (exact) mass is 858 g/mol. The highest BCUT2D eigenvalue weighted by Crippen LogP contribution is 2.65. The third-order valence-corrected chi connectivity index (χ3v) is 15.6. The fraction of sp³-hybridized carbons (Fsp3) is 0.549. The van der Waals surface area contributed by atoms with Gasteiger partial charge in [0.25, 0.3) is 0 Å². The number of aliphatic hydroxyl groups is 1. The molecule has 2 unspecified atom stereocenters. The SMILES string of the molecule is CCCCC#Cc1ccc2[nH]c3c(c2c1)CN1CC(CC)=C[C@@H](C1)C[C@]3(C(=O)OC)c1cc2c(cc1OC)N(C)[C@H]1[C@@](O)(C(=O)OC)[C@H](OC(C)=O)C3C(CC)=CCN4CC[C@]21[C@H]34. The number of benzene rings is 2. The van der Waals surface area contributed by atoms with Crippen LogP contribution in [0.1, 0.15) is 101 Å². The molecule has 1 saturated heterocycles. The van der Waals surface area contributed by atoms with Gasteiger partial charge < -0.3 is 33.9 Å². The lowest BCUT2D eigenvalue weighted by Crippen LogP contribution is -2.78. The zero-order valence-electron chi connectivity index (χ0n) is 38.1. The van der Waals surface area contributed by atoms with Crippen molar-refractivity contribution >= 4 is 34.5 Å². The number of ether oxygens (including phenoxy) is 4. The summed E-state index contributed by atoms with van der Waals surface area (Å²) in [5, 5.41) is 14.3. The number of carbonyl (C=O) groups is 3. The van der Waals surface area contributed by atoms with Gasteiger partial charge in [-0.25, -0.2) is 4.79 Å². The summed E-state index contributed by atoms with van der Waals surface area (Å²) in [6.45, 7) is 11.3. The molecule has 2 N–H and O–H groups in total. The van der Waals surface area contributed by atoms with E-state index >= 15 is 4.79 Å². The number of methoxy groups -OCH3 is 3. The summed E-state index contributed by atoms with van der Waals surface area (Å²) in [7, 11) is 6.24. The first kappa shape index (κ1) is 43.2. The van der Waals surface area contributed by atoms with E-state index in [2.05, 4.69) is 77.7 Å². The zero-order valence-corrected chi connectivity index (χ0v) is 38.1. The summed E-state index contributed by atoms with van der Waals surface area (Å²) in [4.78, 5) is 53.5. The van der Waals surface area contributed by atoms with Crippen molar-refractivity contribution in [1.82, 2.24) is 14.8 Å². The molecule has 1 aromatic heterocycles. The number of anilines is 1. The van der Waals surface area contributed by atoms with Crippen LogP contribution < -0.4 is 9.64 Å². The largest absolute Gasteiger partial charge is 0.496 e. The Morgan fingerprint density at radius 3 is 2.49 bits per heavy atom. The molecule has 2 fully saturated rings. The average molecular weight is 859 g/mol.